The van der Waals surface area contributed by atoms with E-state index in [1.54, 1.807) is 23.3 Å². The maximum atomic E-state index is 13.7. The average Bonchev–Trinajstić information content (AvgIpc) is 3.50. The molecule has 2 amide bonds. The zero-order valence-electron chi connectivity index (χ0n) is 20.4. The first kappa shape index (κ1) is 23.9. The monoisotopic (exact) mass is 503 g/mol. The van der Waals surface area contributed by atoms with Crippen LogP contribution in [0.4, 0.5) is 0 Å². The van der Waals surface area contributed by atoms with Crippen LogP contribution in [-0.4, -0.2) is 65.6 Å². The molecule has 1 aliphatic heterocycles. The van der Waals surface area contributed by atoms with E-state index in [1.165, 1.54) is 0 Å². The molecule has 0 bridgehead atoms. The zero-order chi connectivity index (χ0) is 25.1. The van der Waals surface area contributed by atoms with Crippen molar-refractivity contribution in [3.8, 4) is 11.5 Å². The molecule has 1 atom stereocenters. The molecule has 3 heterocycles. The number of nitrogens with zero attached hydrogens (tertiary/aromatic N) is 3. The van der Waals surface area contributed by atoms with Gasteiger partial charge in [-0.3, -0.25) is 9.59 Å². The van der Waals surface area contributed by atoms with E-state index >= 15 is 0 Å². The number of rotatable bonds is 7. The highest BCUT2D eigenvalue weighted by Gasteiger charge is 2.32. The summed E-state index contributed by atoms with van der Waals surface area (Å²) in [6.07, 6.45) is 0. The predicted octanol–water partition coefficient (Wildman–Crippen LogP) is 4.51. The molecule has 8 heteroatoms. The van der Waals surface area contributed by atoms with Crippen molar-refractivity contribution in [1.29, 1.82) is 0 Å². The Balaban J connectivity index is 1.29. The second kappa shape index (κ2) is 10.5. The van der Waals surface area contributed by atoms with Crippen molar-refractivity contribution in [3.63, 3.8) is 0 Å². The number of ether oxygens (including phenoxy) is 2. The van der Waals surface area contributed by atoms with Gasteiger partial charge in [-0.15, -0.1) is 11.3 Å². The Morgan fingerprint density at radius 3 is 2.58 bits per heavy atom. The Labute approximate surface area is 214 Å². The maximum absolute atomic E-state index is 13.7. The molecule has 2 aromatic carbocycles. The van der Waals surface area contributed by atoms with Gasteiger partial charge in [-0.1, -0.05) is 30.3 Å². The van der Waals surface area contributed by atoms with Crippen LogP contribution in [0.25, 0.3) is 10.2 Å². The minimum absolute atomic E-state index is 0.0119. The molecule has 0 aliphatic carbocycles. The zero-order valence-corrected chi connectivity index (χ0v) is 21.2. The quantitative estimate of drug-likeness (QED) is 0.372. The standard InChI is InChI=1S/C28H29N3O4S/c1-20-17-29(12-13-30(20)26(32)19-35-23-8-4-3-5-9-23)27(33)25-16-22-11-14-36-28(22)31(25)18-21-7-6-10-24(15-21)34-2/h3-11,14-16,20H,12-13,17-19H2,1-2H3. The number of benzene rings is 2. The summed E-state index contributed by atoms with van der Waals surface area (Å²) in [5, 5.41) is 3.11. The summed E-state index contributed by atoms with van der Waals surface area (Å²) in [6.45, 7) is 3.99. The van der Waals surface area contributed by atoms with Crippen LogP contribution in [0.1, 0.15) is 23.0 Å². The van der Waals surface area contributed by atoms with Crippen molar-refractivity contribution in [2.45, 2.75) is 19.5 Å². The molecule has 1 fully saturated rings. The van der Waals surface area contributed by atoms with E-state index in [-0.39, 0.29) is 24.5 Å². The summed E-state index contributed by atoms with van der Waals surface area (Å²) in [4.78, 5) is 31.2. The smallest absolute Gasteiger partial charge is 0.270 e. The van der Waals surface area contributed by atoms with Gasteiger partial charge in [0.05, 0.1) is 7.11 Å². The van der Waals surface area contributed by atoms with Gasteiger partial charge >= 0.3 is 0 Å². The molecule has 5 rings (SSSR count). The molecule has 4 aromatic rings. The summed E-state index contributed by atoms with van der Waals surface area (Å²) in [5.41, 5.74) is 1.73. The number of hydrogen-bond acceptors (Lipinski definition) is 5. The van der Waals surface area contributed by atoms with Crippen LogP contribution in [0.3, 0.4) is 0 Å². The number of piperazine rings is 1. The number of aromatic nitrogens is 1. The summed E-state index contributed by atoms with van der Waals surface area (Å²) >= 11 is 1.63. The van der Waals surface area contributed by atoms with Gasteiger partial charge in [-0.2, -0.15) is 0 Å². The normalized spacial score (nSPS) is 15.8. The third-order valence-electron chi connectivity index (χ3n) is 6.54. The van der Waals surface area contributed by atoms with Gasteiger partial charge in [-0.05, 0) is 54.3 Å². The Morgan fingerprint density at radius 1 is 1.00 bits per heavy atom. The molecular formula is C28H29N3O4S. The van der Waals surface area contributed by atoms with Crippen LogP contribution in [-0.2, 0) is 11.3 Å². The van der Waals surface area contributed by atoms with Crippen LogP contribution in [0.15, 0.2) is 72.1 Å². The van der Waals surface area contributed by atoms with E-state index in [1.807, 2.05) is 83.9 Å². The lowest BCUT2D eigenvalue weighted by molar-refractivity contribution is -0.137. The number of carbonyl (C=O) groups excluding carboxylic acids is 2. The second-order valence-electron chi connectivity index (χ2n) is 8.94. The Kier molecular flexibility index (Phi) is 6.95. The van der Waals surface area contributed by atoms with E-state index in [4.69, 9.17) is 9.47 Å². The Hall–Kier alpha value is -3.78. The van der Waals surface area contributed by atoms with Gasteiger partial charge in [-0.25, -0.2) is 0 Å². The minimum atomic E-state index is -0.0995. The molecule has 2 aromatic heterocycles. The lowest BCUT2D eigenvalue weighted by Crippen LogP contribution is -2.56. The lowest BCUT2D eigenvalue weighted by Gasteiger charge is -2.39. The molecule has 0 saturated carbocycles. The van der Waals surface area contributed by atoms with Gasteiger partial charge in [0.25, 0.3) is 11.8 Å². The van der Waals surface area contributed by atoms with Crippen molar-refractivity contribution in [2.24, 2.45) is 0 Å². The van der Waals surface area contributed by atoms with E-state index in [2.05, 4.69) is 4.57 Å². The molecule has 186 valence electrons. The molecule has 0 radical (unpaired) electrons. The summed E-state index contributed by atoms with van der Waals surface area (Å²) in [6, 6.07) is 21.2. The number of carbonyl (C=O) groups is 2. The SMILES string of the molecule is COc1cccc(Cn2c(C(=O)N3CCN(C(=O)COc4ccccc4)C(C)C3)cc3ccsc32)c1. The fourth-order valence-electron chi connectivity index (χ4n) is 4.68. The number of amides is 2. The Bertz CT molecular complexity index is 1360. The fraction of sp³-hybridized carbons (Fsp3) is 0.286. The van der Waals surface area contributed by atoms with Crippen molar-refractivity contribution in [3.05, 3.63) is 83.4 Å². The summed E-state index contributed by atoms with van der Waals surface area (Å²) < 4.78 is 13.1. The Morgan fingerprint density at radius 2 is 1.81 bits per heavy atom. The van der Waals surface area contributed by atoms with Crippen LogP contribution >= 0.6 is 11.3 Å². The number of hydrogen-bond donors (Lipinski definition) is 0. The largest absolute Gasteiger partial charge is 0.497 e. The summed E-state index contributed by atoms with van der Waals surface area (Å²) in [5.74, 6) is 1.38. The minimum Gasteiger partial charge on any atom is -0.497 e. The van der Waals surface area contributed by atoms with Crippen molar-refractivity contribution in [2.75, 3.05) is 33.4 Å². The molecule has 1 aliphatic rings. The molecule has 1 unspecified atom stereocenters. The van der Waals surface area contributed by atoms with E-state index in [9.17, 15) is 9.59 Å². The third-order valence-corrected chi connectivity index (χ3v) is 7.49. The highest BCUT2D eigenvalue weighted by atomic mass is 32.1. The second-order valence-corrected chi connectivity index (χ2v) is 9.83. The van der Waals surface area contributed by atoms with E-state index in [0.717, 1.165) is 21.5 Å². The van der Waals surface area contributed by atoms with E-state index < -0.39 is 0 Å². The van der Waals surface area contributed by atoms with Crippen LogP contribution < -0.4 is 9.47 Å². The molecule has 7 nitrogen and oxygen atoms in total. The van der Waals surface area contributed by atoms with Crippen LogP contribution in [0, 0.1) is 0 Å². The first-order chi connectivity index (χ1) is 17.5. The molecular weight excluding hydrogens is 474 g/mol. The summed E-state index contributed by atoms with van der Waals surface area (Å²) in [7, 11) is 1.65. The first-order valence-electron chi connectivity index (χ1n) is 12.0. The highest BCUT2D eigenvalue weighted by molar-refractivity contribution is 7.16. The van der Waals surface area contributed by atoms with Gasteiger partial charge in [0.1, 0.15) is 22.0 Å². The van der Waals surface area contributed by atoms with Crippen molar-refractivity contribution < 1.29 is 19.1 Å². The highest BCUT2D eigenvalue weighted by Crippen LogP contribution is 2.28. The molecule has 1 saturated heterocycles. The number of fused-ring (bicyclic) bond motifs is 1. The number of methoxy groups -OCH3 is 1. The molecule has 0 N–H and O–H groups in total. The van der Waals surface area contributed by atoms with Gasteiger partial charge < -0.3 is 23.8 Å². The number of thiophene rings is 1. The maximum Gasteiger partial charge on any atom is 0.270 e. The van der Waals surface area contributed by atoms with Gasteiger partial charge in [0.15, 0.2) is 6.61 Å². The van der Waals surface area contributed by atoms with Gasteiger partial charge in [0, 0.05) is 37.6 Å². The van der Waals surface area contributed by atoms with E-state index in [0.29, 0.717) is 37.6 Å². The van der Waals surface area contributed by atoms with Crippen molar-refractivity contribution >= 4 is 33.4 Å². The van der Waals surface area contributed by atoms with Crippen molar-refractivity contribution in [1.82, 2.24) is 14.4 Å². The first-order valence-corrected chi connectivity index (χ1v) is 12.9. The lowest BCUT2D eigenvalue weighted by atomic mass is 10.1. The fourth-order valence-corrected chi connectivity index (χ4v) is 5.58. The number of para-hydroxylation sites is 1. The third kappa shape index (κ3) is 4.95. The molecule has 0 spiro atoms. The predicted molar refractivity (Wildman–Crippen MR) is 141 cm³/mol. The van der Waals surface area contributed by atoms with Crippen LogP contribution in [0.5, 0.6) is 11.5 Å². The average molecular weight is 504 g/mol. The van der Waals surface area contributed by atoms with Crippen LogP contribution in [0.2, 0.25) is 0 Å². The molecule has 36 heavy (non-hydrogen) atoms. The van der Waals surface area contributed by atoms with Gasteiger partial charge in [0.2, 0.25) is 0 Å². The topological polar surface area (TPSA) is 64.0 Å².